The summed E-state index contributed by atoms with van der Waals surface area (Å²) in [6.07, 6.45) is 1.00. The minimum atomic E-state index is -2.09. The van der Waals surface area contributed by atoms with Crippen molar-refractivity contribution in [2.45, 2.75) is 111 Å². The van der Waals surface area contributed by atoms with Gasteiger partial charge in [0.25, 0.3) is 0 Å². The molecule has 0 radical (unpaired) electrons. The normalized spacial score (nSPS) is 12.5. The molecule has 328 valence electrons. The second kappa shape index (κ2) is 36.6. The van der Waals surface area contributed by atoms with Gasteiger partial charge in [-0.15, -0.1) is 0 Å². The lowest BCUT2D eigenvalue weighted by molar-refractivity contribution is -0.640. The number of carbonyl (C=O) groups is 6. The number of hydrogen-bond donors (Lipinski definition) is 1. The first kappa shape index (κ1) is 55.3. The Bertz CT molecular complexity index is 1240. The van der Waals surface area contributed by atoms with Crippen molar-refractivity contribution in [2.75, 3.05) is 60.3 Å². The number of nitrogens with zero attached hydrogens (tertiary/aromatic N) is 1. The van der Waals surface area contributed by atoms with Crippen molar-refractivity contribution in [3.8, 4) is 0 Å². The molecule has 0 fully saturated rings. The fourth-order valence-electron chi connectivity index (χ4n) is 3.58. The molecule has 0 aromatic heterocycles. The van der Waals surface area contributed by atoms with Gasteiger partial charge in [0.1, 0.15) is 25.9 Å². The van der Waals surface area contributed by atoms with Crippen LogP contribution in [0.25, 0.3) is 0 Å². The number of likely N-dealkylation sites (N-methyl/N-ethyl adjacent to an activating group) is 1. The van der Waals surface area contributed by atoms with E-state index in [1.165, 1.54) is 5.56 Å². The number of aliphatic hydroxyl groups is 1. The Balaban J connectivity index is 0. The Labute approximate surface area is 337 Å². The van der Waals surface area contributed by atoms with Gasteiger partial charge in [-0.1, -0.05) is 71.9 Å². The van der Waals surface area contributed by atoms with E-state index < -0.39 is 38.7 Å². The van der Waals surface area contributed by atoms with Crippen molar-refractivity contribution in [1.82, 2.24) is 4.90 Å². The third-order valence-electron chi connectivity index (χ3n) is 6.88. The average molecular weight is 837 g/mol. The quantitative estimate of drug-likeness (QED) is 0.0439. The lowest BCUT2D eigenvalue weighted by Gasteiger charge is -2.23. The fraction of sp³-hybridized carbons (Fsp3) is 0.684. The fourth-order valence-corrected chi connectivity index (χ4v) is 4.26. The molecule has 0 saturated carbocycles. The molecule has 1 N–H and O–H groups in total. The van der Waals surface area contributed by atoms with Crippen molar-refractivity contribution in [2.24, 2.45) is 0 Å². The number of aliphatic hydroxyl groups excluding tert-OH is 1. The molecule has 1 rings (SSSR count). The van der Waals surface area contributed by atoms with Crippen LogP contribution in [0.5, 0.6) is 0 Å². The van der Waals surface area contributed by atoms with E-state index in [4.69, 9.17) is 42.6 Å². The number of benzene rings is 1. The molecule has 57 heavy (non-hydrogen) atoms. The maximum Gasteiger partial charge on any atom is 0.323 e. The summed E-state index contributed by atoms with van der Waals surface area (Å²) in [5.74, 6) is -2.23. The number of esters is 6. The number of carbonyl (C=O) groups excluding carboxylic acids is 6. The smallest absolute Gasteiger partial charge is 0.323 e. The van der Waals surface area contributed by atoms with Gasteiger partial charge in [-0.2, -0.15) is 0 Å². The van der Waals surface area contributed by atoms with Gasteiger partial charge in [0.05, 0.1) is 19.8 Å². The number of ether oxygens (including phenoxy) is 6. The van der Waals surface area contributed by atoms with Gasteiger partial charge in [-0.05, 0) is 32.5 Å². The van der Waals surface area contributed by atoms with E-state index in [1.54, 1.807) is 41.5 Å². The predicted molar refractivity (Wildman–Crippen MR) is 205 cm³/mol. The van der Waals surface area contributed by atoms with Gasteiger partial charge in [-0.25, -0.2) is 0 Å². The third-order valence-corrected chi connectivity index (χ3v) is 7.76. The molecular weight excluding hydrogens is 773 g/mol. The van der Waals surface area contributed by atoms with Crippen LogP contribution in [0.2, 0.25) is 0 Å². The van der Waals surface area contributed by atoms with Crippen molar-refractivity contribution in [1.29, 1.82) is 0 Å². The summed E-state index contributed by atoms with van der Waals surface area (Å²) in [6.45, 7) is 10.3. The summed E-state index contributed by atoms with van der Waals surface area (Å²) in [5, 5.41) is 19.4. The van der Waals surface area contributed by atoms with Crippen LogP contribution < -0.4 is 5.26 Å². The van der Waals surface area contributed by atoms with Gasteiger partial charge in [0.15, 0.2) is 12.2 Å². The Morgan fingerprint density at radius 2 is 1.04 bits per heavy atom. The van der Waals surface area contributed by atoms with E-state index >= 15 is 0 Å². The SMILES string of the molecule is CCC(=O)OCC(CCc1ccccc1)OC(=O)CC.CCC(=O)OCC(CO)OC(=O)CC.CCC(=O)OCC(COP(O[O-])OCCN(C)C)OC(=O)CC. The molecule has 18 nitrogen and oxygen atoms in total. The summed E-state index contributed by atoms with van der Waals surface area (Å²) < 4.78 is 44.0. The molecule has 0 bridgehead atoms. The highest BCUT2D eigenvalue weighted by Crippen LogP contribution is 2.37. The van der Waals surface area contributed by atoms with Crippen LogP contribution >= 0.6 is 8.60 Å². The van der Waals surface area contributed by atoms with E-state index in [0.717, 1.165) is 6.42 Å². The van der Waals surface area contributed by atoms with E-state index in [2.05, 4.69) is 4.67 Å². The van der Waals surface area contributed by atoms with Gasteiger partial charge in [0.2, 0.25) is 0 Å². The molecule has 0 aliphatic rings. The molecule has 0 saturated heterocycles. The van der Waals surface area contributed by atoms with Gasteiger partial charge in [0, 0.05) is 45.1 Å². The summed E-state index contributed by atoms with van der Waals surface area (Å²) in [6, 6.07) is 9.95. The molecule has 0 aliphatic carbocycles. The summed E-state index contributed by atoms with van der Waals surface area (Å²) in [5.41, 5.74) is 1.17. The summed E-state index contributed by atoms with van der Waals surface area (Å²) in [4.78, 5) is 68.5. The number of rotatable bonds is 27. The molecule has 19 heteroatoms. The average Bonchev–Trinajstić information content (AvgIpc) is 3.23. The molecule has 1 aromatic rings. The lowest BCUT2D eigenvalue weighted by atomic mass is 10.1. The molecule has 4 atom stereocenters. The molecule has 1 aromatic carbocycles. The van der Waals surface area contributed by atoms with Crippen molar-refractivity contribution in [3.05, 3.63) is 35.9 Å². The molecule has 0 aliphatic heterocycles. The van der Waals surface area contributed by atoms with Crippen molar-refractivity contribution < 1.29 is 81.3 Å². The zero-order valence-electron chi connectivity index (χ0n) is 34.6. The van der Waals surface area contributed by atoms with Crippen LogP contribution in [0.1, 0.15) is 92.1 Å². The molecular formula is C38H63NO17P-. The monoisotopic (exact) mass is 836 g/mol. The van der Waals surface area contributed by atoms with E-state index in [-0.39, 0.29) is 89.3 Å². The predicted octanol–water partition coefficient (Wildman–Crippen LogP) is 3.52. The van der Waals surface area contributed by atoms with Gasteiger partial charge in [-0.3, -0.25) is 28.8 Å². The Kier molecular flexibility index (Phi) is 35.5. The Hall–Kier alpha value is -3.77. The molecule has 0 heterocycles. The highest BCUT2D eigenvalue weighted by atomic mass is 31.2. The number of aryl methyl sites for hydroxylation is 1. The van der Waals surface area contributed by atoms with Crippen molar-refractivity contribution in [3.63, 3.8) is 0 Å². The number of hydrogen-bond acceptors (Lipinski definition) is 18. The second-order valence-corrected chi connectivity index (χ2v) is 13.1. The largest absolute Gasteiger partial charge is 0.716 e. The minimum Gasteiger partial charge on any atom is -0.716 e. The first-order valence-electron chi connectivity index (χ1n) is 18.9. The van der Waals surface area contributed by atoms with Crippen LogP contribution in [0.4, 0.5) is 0 Å². The highest BCUT2D eigenvalue weighted by molar-refractivity contribution is 7.41. The van der Waals surface area contributed by atoms with E-state index in [1.807, 2.05) is 49.3 Å². The van der Waals surface area contributed by atoms with Crippen LogP contribution in [0.3, 0.4) is 0 Å². The molecule has 0 amide bonds. The summed E-state index contributed by atoms with van der Waals surface area (Å²) >= 11 is 0. The molecule has 4 unspecified atom stereocenters. The Morgan fingerprint density at radius 1 is 0.614 bits per heavy atom. The zero-order chi connectivity index (χ0) is 43.4. The lowest BCUT2D eigenvalue weighted by Crippen LogP contribution is -2.29. The van der Waals surface area contributed by atoms with Crippen LogP contribution in [0, 0.1) is 0 Å². The Morgan fingerprint density at radius 3 is 1.46 bits per heavy atom. The zero-order valence-corrected chi connectivity index (χ0v) is 35.5. The van der Waals surface area contributed by atoms with E-state index in [9.17, 15) is 34.0 Å². The summed E-state index contributed by atoms with van der Waals surface area (Å²) in [7, 11) is 1.61. The maximum absolute atomic E-state index is 11.4. The van der Waals surface area contributed by atoms with Gasteiger partial charge < -0.3 is 57.4 Å². The second-order valence-electron chi connectivity index (χ2n) is 11.9. The van der Waals surface area contributed by atoms with Crippen LogP contribution in [0.15, 0.2) is 30.3 Å². The van der Waals surface area contributed by atoms with Crippen LogP contribution in [-0.2, 0) is 77.3 Å². The minimum absolute atomic E-state index is 0.0884. The molecule has 0 spiro atoms. The van der Waals surface area contributed by atoms with Gasteiger partial charge >= 0.3 is 44.4 Å². The van der Waals surface area contributed by atoms with Crippen molar-refractivity contribution >= 4 is 44.4 Å². The topological polar surface area (TPSA) is 232 Å². The standard InChI is InChI=1S/C16H22O4.C13H26NO8P.C9H16O5/c1-3-15(17)19-12-14(20-16(18)4-2)11-10-13-8-6-5-7-9-13;1-5-12(15)18-9-11(21-13(16)6-2)10-20-23(22-17)19-8-7-14(3)4;1-3-8(11)13-6-7(5-10)14-9(12)4-2/h5-9,14H,3-4,10-12H2,1-2H3;11,17H,5-10H2,1-4H3;7,10H,3-6H2,1-2H3/p-1. The first-order valence-corrected chi connectivity index (χ1v) is 20.0. The van der Waals surface area contributed by atoms with E-state index in [0.29, 0.717) is 25.8 Å². The maximum atomic E-state index is 11.4. The first-order chi connectivity index (χ1) is 27.2. The van der Waals surface area contributed by atoms with Crippen LogP contribution in [-0.4, -0.2) is 124 Å². The third kappa shape index (κ3) is 33.0. The highest BCUT2D eigenvalue weighted by Gasteiger charge is 2.20.